The summed E-state index contributed by atoms with van der Waals surface area (Å²) in [5.41, 5.74) is 1.08. The van der Waals surface area contributed by atoms with Gasteiger partial charge in [0.15, 0.2) is 5.96 Å². The fourth-order valence-electron chi connectivity index (χ4n) is 2.58. The van der Waals surface area contributed by atoms with Crippen molar-refractivity contribution in [1.82, 2.24) is 25.4 Å². The number of benzene rings is 1. The number of rotatable bonds is 11. The van der Waals surface area contributed by atoms with Crippen LogP contribution in [0, 0.1) is 5.82 Å². The molecule has 0 fully saturated rings. The average Bonchev–Trinajstić information content (AvgIpc) is 3.14. The third-order valence-corrected chi connectivity index (χ3v) is 4.05. The normalized spacial score (nSPS) is 11.6. The van der Waals surface area contributed by atoms with Crippen molar-refractivity contribution in [3.8, 4) is 0 Å². The molecular weight excluding hydrogens is 347 g/mol. The van der Waals surface area contributed by atoms with Gasteiger partial charge in [-0.2, -0.15) is 0 Å². The van der Waals surface area contributed by atoms with Crippen LogP contribution >= 0.6 is 0 Å². The van der Waals surface area contributed by atoms with Gasteiger partial charge < -0.3 is 19.9 Å². The van der Waals surface area contributed by atoms with Gasteiger partial charge in [0.1, 0.15) is 18.0 Å². The van der Waals surface area contributed by atoms with E-state index in [1.54, 1.807) is 25.6 Å². The van der Waals surface area contributed by atoms with E-state index in [1.807, 2.05) is 4.57 Å². The summed E-state index contributed by atoms with van der Waals surface area (Å²) < 4.78 is 20.1. The second kappa shape index (κ2) is 12.0. The van der Waals surface area contributed by atoms with Crippen LogP contribution in [0.15, 0.2) is 35.6 Å². The van der Waals surface area contributed by atoms with Crippen LogP contribution in [0.3, 0.4) is 0 Å². The van der Waals surface area contributed by atoms with Crippen LogP contribution in [-0.2, 0) is 24.1 Å². The fraction of sp³-hybridized carbons (Fsp3) is 0.526. The third kappa shape index (κ3) is 7.74. The summed E-state index contributed by atoms with van der Waals surface area (Å²) in [5, 5.41) is 14.7. The summed E-state index contributed by atoms with van der Waals surface area (Å²) >= 11 is 0. The van der Waals surface area contributed by atoms with Gasteiger partial charge in [-0.3, -0.25) is 4.99 Å². The van der Waals surface area contributed by atoms with E-state index in [1.165, 1.54) is 12.1 Å². The van der Waals surface area contributed by atoms with E-state index < -0.39 is 0 Å². The number of aryl methyl sites for hydroxylation is 1. The Balaban J connectivity index is 1.81. The number of nitrogens with one attached hydrogen (secondary N) is 2. The third-order valence-electron chi connectivity index (χ3n) is 4.05. The highest BCUT2D eigenvalue weighted by Crippen LogP contribution is 2.02. The first-order valence-electron chi connectivity index (χ1n) is 9.35. The number of aromatic nitrogens is 3. The highest BCUT2D eigenvalue weighted by Gasteiger charge is 2.03. The van der Waals surface area contributed by atoms with Crippen LogP contribution in [0.5, 0.6) is 0 Å². The first kappa shape index (κ1) is 20.8. The van der Waals surface area contributed by atoms with Crippen LogP contribution in [0.2, 0.25) is 0 Å². The molecule has 0 saturated heterocycles. The van der Waals surface area contributed by atoms with Crippen molar-refractivity contribution in [2.75, 3.05) is 33.4 Å². The minimum Gasteiger partial charge on any atom is -0.385 e. The molecule has 2 N–H and O–H groups in total. The fourth-order valence-corrected chi connectivity index (χ4v) is 2.58. The van der Waals surface area contributed by atoms with Gasteiger partial charge in [-0.25, -0.2) is 4.39 Å². The van der Waals surface area contributed by atoms with Crippen molar-refractivity contribution in [3.05, 3.63) is 47.8 Å². The van der Waals surface area contributed by atoms with E-state index in [0.717, 1.165) is 49.7 Å². The lowest BCUT2D eigenvalue weighted by Crippen LogP contribution is -2.40. The van der Waals surface area contributed by atoms with Crippen molar-refractivity contribution in [1.29, 1.82) is 0 Å². The Labute approximate surface area is 160 Å². The second-order valence-electron chi connectivity index (χ2n) is 6.10. The molecule has 0 amide bonds. The summed E-state index contributed by atoms with van der Waals surface area (Å²) in [6.07, 6.45) is 4.27. The molecule has 1 heterocycles. The Morgan fingerprint density at radius 2 is 2.00 bits per heavy atom. The zero-order chi connectivity index (χ0) is 19.3. The first-order chi connectivity index (χ1) is 13.2. The van der Waals surface area contributed by atoms with Gasteiger partial charge in [0.2, 0.25) is 0 Å². The standard InChI is InChI=1S/C19H29FN6O/c1-3-18-25-24-15-26(18)13-12-23-19(21-10-4-14-27-2)22-11-9-16-5-7-17(20)8-6-16/h5-8,15H,3-4,9-14H2,1-2H3,(H2,21,22,23). The van der Waals surface area contributed by atoms with Gasteiger partial charge in [-0.15, -0.1) is 10.2 Å². The van der Waals surface area contributed by atoms with Crippen molar-refractivity contribution in [2.45, 2.75) is 32.7 Å². The molecule has 1 aromatic carbocycles. The van der Waals surface area contributed by atoms with Gasteiger partial charge >= 0.3 is 0 Å². The number of hydrogen-bond acceptors (Lipinski definition) is 4. The molecule has 27 heavy (non-hydrogen) atoms. The second-order valence-corrected chi connectivity index (χ2v) is 6.10. The van der Waals surface area contributed by atoms with Gasteiger partial charge in [-0.05, 0) is 30.5 Å². The molecule has 148 valence electrons. The predicted molar refractivity (Wildman–Crippen MR) is 104 cm³/mol. The minimum atomic E-state index is -0.214. The first-order valence-corrected chi connectivity index (χ1v) is 9.35. The maximum absolute atomic E-state index is 13.0. The number of ether oxygens (including phenoxy) is 1. The van der Waals surface area contributed by atoms with Crippen molar-refractivity contribution >= 4 is 5.96 Å². The molecule has 0 bridgehead atoms. The maximum atomic E-state index is 13.0. The summed E-state index contributed by atoms with van der Waals surface area (Å²) in [7, 11) is 1.69. The van der Waals surface area contributed by atoms with E-state index in [2.05, 4.69) is 32.7 Å². The molecule has 0 spiro atoms. The smallest absolute Gasteiger partial charge is 0.191 e. The van der Waals surface area contributed by atoms with E-state index in [0.29, 0.717) is 19.7 Å². The number of halogens is 1. The monoisotopic (exact) mass is 376 g/mol. The molecule has 8 heteroatoms. The Morgan fingerprint density at radius 3 is 2.74 bits per heavy atom. The Kier molecular flexibility index (Phi) is 9.26. The zero-order valence-corrected chi connectivity index (χ0v) is 16.1. The summed E-state index contributed by atoms with van der Waals surface area (Å²) in [6.45, 7) is 5.65. The number of guanidine groups is 1. The minimum absolute atomic E-state index is 0.214. The Bertz CT molecular complexity index is 686. The van der Waals surface area contributed by atoms with E-state index >= 15 is 0 Å². The number of aliphatic imine (C=N–C) groups is 1. The number of hydrogen-bond donors (Lipinski definition) is 2. The highest BCUT2D eigenvalue weighted by molar-refractivity contribution is 5.79. The quantitative estimate of drug-likeness (QED) is 0.355. The lowest BCUT2D eigenvalue weighted by Gasteiger charge is -2.13. The molecule has 0 aliphatic rings. The summed E-state index contributed by atoms with van der Waals surface area (Å²) in [5.74, 6) is 1.52. The molecule has 2 rings (SSSR count). The molecule has 1 aromatic heterocycles. The lowest BCUT2D eigenvalue weighted by atomic mass is 10.1. The van der Waals surface area contributed by atoms with Crippen LogP contribution in [-0.4, -0.2) is 54.1 Å². The maximum Gasteiger partial charge on any atom is 0.191 e. The van der Waals surface area contributed by atoms with Crippen molar-refractivity contribution in [3.63, 3.8) is 0 Å². The van der Waals surface area contributed by atoms with E-state index in [-0.39, 0.29) is 5.82 Å². The molecule has 0 unspecified atom stereocenters. The average molecular weight is 376 g/mol. The molecule has 0 atom stereocenters. The molecule has 0 saturated carbocycles. The van der Waals surface area contributed by atoms with Crippen LogP contribution in [0.1, 0.15) is 24.7 Å². The Hall–Kier alpha value is -2.48. The molecular formula is C19H29FN6O. The largest absolute Gasteiger partial charge is 0.385 e. The van der Waals surface area contributed by atoms with Crippen LogP contribution < -0.4 is 10.6 Å². The number of nitrogens with zero attached hydrogens (tertiary/aromatic N) is 4. The molecule has 0 aliphatic heterocycles. The van der Waals surface area contributed by atoms with Crippen molar-refractivity contribution < 1.29 is 9.13 Å². The number of methoxy groups -OCH3 is 1. The van der Waals surface area contributed by atoms with Crippen LogP contribution in [0.25, 0.3) is 0 Å². The molecule has 2 aromatic rings. The lowest BCUT2D eigenvalue weighted by molar-refractivity contribution is 0.197. The van der Waals surface area contributed by atoms with Gasteiger partial charge in [0, 0.05) is 46.3 Å². The molecule has 0 radical (unpaired) electrons. The Morgan fingerprint density at radius 1 is 1.22 bits per heavy atom. The highest BCUT2D eigenvalue weighted by atomic mass is 19.1. The topological polar surface area (TPSA) is 76.4 Å². The summed E-state index contributed by atoms with van der Waals surface area (Å²) in [6, 6.07) is 6.58. The predicted octanol–water partition coefficient (Wildman–Crippen LogP) is 1.79. The molecule has 7 nitrogen and oxygen atoms in total. The van der Waals surface area contributed by atoms with Gasteiger partial charge in [0.25, 0.3) is 0 Å². The summed E-state index contributed by atoms with van der Waals surface area (Å²) in [4.78, 5) is 4.58. The van der Waals surface area contributed by atoms with Crippen molar-refractivity contribution in [2.24, 2.45) is 4.99 Å². The zero-order valence-electron chi connectivity index (χ0n) is 16.1. The van der Waals surface area contributed by atoms with Crippen LogP contribution in [0.4, 0.5) is 4.39 Å². The van der Waals surface area contributed by atoms with Gasteiger partial charge in [0.05, 0.1) is 0 Å². The SMILES string of the molecule is CCc1nncn1CCNC(=NCCCOC)NCCc1ccc(F)cc1. The van der Waals surface area contributed by atoms with E-state index in [9.17, 15) is 4.39 Å². The molecule has 0 aliphatic carbocycles. The van der Waals surface area contributed by atoms with Gasteiger partial charge in [-0.1, -0.05) is 19.1 Å². The van der Waals surface area contributed by atoms with E-state index in [4.69, 9.17) is 4.74 Å².